The molecule has 2 heterocycles. The summed E-state index contributed by atoms with van der Waals surface area (Å²) in [6.45, 7) is 6.91. The summed E-state index contributed by atoms with van der Waals surface area (Å²) in [5.41, 5.74) is 7.95. The first-order valence-electron chi connectivity index (χ1n) is 7.74. The van der Waals surface area contributed by atoms with Crippen LogP contribution in [0.2, 0.25) is 5.02 Å². The molecule has 2 N–H and O–H groups in total. The SMILES string of the molecule is CCC(C)(C)C1CCc2nc3sc(C(N)=O)cc3c(Cl)c2C1. The largest absolute Gasteiger partial charge is 0.365 e. The Hall–Kier alpha value is -1.13. The highest BCUT2D eigenvalue weighted by Gasteiger charge is 2.33. The van der Waals surface area contributed by atoms with Gasteiger partial charge in [-0.1, -0.05) is 38.8 Å². The van der Waals surface area contributed by atoms with Crippen LogP contribution >= 0.6 is 22.9 Å². The van der Waals surface area contributed by atoms with Gasteiger partial charge in [-0.25, -0.2) is 4.98 Å². The molecule has 22 heavy (non-hydrogen) atoms. The Morgan fingerprint density at radius 1 is 1.55 bits per heavy atom. The van der Waals surface area contributed by atoms with Gasteiger partial charge in [0.25, 0.3) is 5.91 Å². The Morgan fingerprint density at radius 3 is 2.91 bits per heavy atom. The fraction of sp³-hybridized carbons (Fsp3) is 0.529. The Bertz CT molecular complexity index is 751. The highest BCUT2D eigenvalue weighted by atomic mass is 35.5. The number of rotatable bonds is 3. The molecular formula is C17H21ClN2OS. The van der Waals surface area contributed by atoms with E-state index in [2.05, 4.69) is 20.8 Å². The number of nitrogens with zero attached hydrogens (tertiary/aromatic N) is 1. The highest BCUT2D eigenvalue weighted by molar-refractivity contribution is 7.20. The minimum Gasteiger partial charge on any atom is -0.365 e. The predicted octanol–water partition coefficient (Wildman–Crippen LogP) is 4.59. The number of hydrogen-bond acceptors (Lipinski definition) is 3. The van der Waals surface area contributed by atoms with E-state index in [0.717, 1.165) is 46.6 Å². The molecule has 2 aromatic rings. The van der Waals surface area contributed by atoms with Crippen molar-refractivity contribution < 1.29 is 4.79 Å². The minimum atomic E-state index is -0.415. The first-order valence-corrected chi connectivity index (χ1v) is 8.93. The van der Waals surface area contributed by atoms with Crippen molar-refractivity contribution in [1.29, 1.82) is 0 Å². The molecule has 3 nitrogen and oxygen atoms in total. The van der Waals surface area contributed by atoms with Gasteiger partial charge in [0.2, 0.25) is 0 Å². The number of aryl methyl sites for hydroxylation is 1. The smallest absolute Gasteiger partial charge is 0.258 e. The van der Waals surface area contributed by atoms with Crippen molar-refractivity contribution in [3.63, 3.8) is 0 Å². The van der Waals surface area contributed by atoms with E-state index in [0.29, 0.717) is 16.2 Å². The number of halogens is 1. The lowest BCUT2D eigenvalue weighted by Crippen LogP contribution is -2.29. The summed E-state index contributed by atoms with van der Waals surface area (Å²) < 4.78 is 0. The van der Waals surface area contributed by atoms with E-state index < -0.39 is 5.91 Å². The average molecular weight is 337 g/mol. The van der Waals surface area contributed by atoms with Crippen molar-refractivity contribution in [2.24, 2.45) is 17.1 Å². The van der Waals surface area contributed by atoms with Gasteiger partial charge in [-0.05, 0) is 42.2 Å². The van der Waals surface area contributed by atoms with E-state index in [1.54, 1.807) is 6.07 Å². The first-order chi connectivity index (χ1) is 10.3. The second-order valence-electron chi connectivity index (χ2n) is 6.83. The summed E-state index contributed by atoms with van der Waals surface area (Å²) in [6, 6.07) is 1.78. The maximum absolute atomic E-state index is 11.4. The quantitative estimate of drug-likeness (QED) is 0.891. The zero-order valence-electron chi connectivity index (χ0n) is 13.2. The Kier molecular flexibility index (Phi) is 3.94. The van der Waals surface area contributed by atoms with Crippen LogP contribution in [0, 0.1) is 11.3 Å². The average Bonchev–Trinajstić information content (AvgIpc) is 2.91. The van der Waals surface area contributed by atoms with Gasteiger partial charge >= 0.3 is 0 Å². The zero-order valence-corrected chi connectivity index (χ0v) is 14.8. The van der Waals surface area contributed by atoms with Crippen molar-refractivity contribution in [3.05, 3.63) is 27.2 Å². The molecule has 0 spiro atoms. The molecule has 0 aromatic carbocycles. The number of carbonyl (C=O) groups is 1. The third kappa shape index (κ3) is 2.52. The first kappa shape index (κ1) is 15.8. The molecule has 0 bridgehead atoms. The molecule has 1 atom stereocenters. The van der Waals surface area contributed by atoms with Crippen molar-refractivity contribution >= 4 is 39.1 Å². The fourth-order valence-electron chi connectivity index (χ4n) is 3.25. The normalized spacial score (nSPS) is 18.5. The van der Waals surface area contributed by atoms with Crippen LogP contribution in [0.15, 0.2) is 6.07 Å². The van der Waals surface area contributed by atoms with Gasteiger partial charge in [0.15, 0.2) is 0 Å². The standard InChI is InChI=1S/C17H21ClN2OS/c1-4-17(2,3)9-5-6-12-10(7-9)14(18)11-8-13(15(19)21)22-16(11)20-12/h8-9H,4-7H2,1-3H3,(H2,19,21). The van der Waals surface area contributed by atoms with Crippen LogP contribution in [-0.2, 0) is 12.8 Å². The summed E-state index contributed by atoms with van der Waals surface area (Å²) in [7, 11) is 0. The predicted molar refractivity (Wildman–Crippen MR) is 92.7 cm³/mol. The third-order valence-corrected chi connectivity index (χ3v) is 6.71. The lowest BCUT2D eigenvalue weighted by Gasteiger charge is -2.37. The van der Waals surface area contributed by atoms with Crippen molar-refractivity contribution in [2.75, 3.05) is 0 Å². The molecule has 2 aromatic heterocycles. The van der Waals surface area contributed by atoms with Crippen LogP contribution < -0.4 is 5.73 Å². The van der Waals surface area contributed by atoms with Gasteiger partial charge in [-0.2, -0.15) is 0 Å². The molecule has 3 rings (SSSR count). The van der Waals surface area contributed by atoms with Gasteiger partial charge in [0, 0.05) is 11.1 Å². The summed E-state index contributed by atoms with van der Waals surface area (Å²) in [5, 5.41) is 1.63. The van der Waals surface area contributed by atoms with E-state index in [9.17, 15) is 4.79 Å². The Labute approximate surface area is 139 Å². The van der Waals surface area contributed by atoms with Gasteiger partial charge < -0.3 is 5.73 Å². The molecule has 0 fully saturated rings. The lowest BCUT2D eigenvalue weighted by atomic mass is 9.69. The van der Waals surface area contributed by atoms with Gasteiger partial charge in [-0.15, -0.1) is 11.3 Å². The molecule has 0 aliphatic heterocycles. The van der Waals surface area contributed by atoms with Crippen molar-refractivity contribution in [1.82, 2.24) is 4.98 Å². The van der Waals surface area contributed by atoms with Crippen molar-refractivity contribution in [3.8, 4) is 0 Å². The number of pyridine rings is 1. The van der Waals surface area contributed by atoms with Gasteiger partial charge in [0.1, 0.15) is 4.83 Å². The molecule has 5 heteroatoms. The molecule has 0 saturated carbocycles. The number of aromatic nitrogens is 1. The number of hydrogen-bond donors (Lipinski definition) is 1. The van der Waals surface area contributed by atoms with Crippen LogP contribution in [0.1, 0.15) is 54.5 Å². The summed E-state index contributed by atoms with van der Waals surface area (Å²) in [5.74, 6) is 0.207. The second kappa shape index (κ2) is 5.50. The maximum Gasteiger partial charge on any atom is 0.258 e. The zero-order chi connectivity index (χ0) is 16.1. The van der Waals surface area contributed by atoms with Crippen LogP contribution in [-0.4, -0.2) is 10.9 Å². The van der Waals surface area contributed by atoms with Crippen molar-refractivity contribution in [2.45, 2.75) is 46.5 Å². The van der Waals surface area contributed by atoms with Crippen LogP contribution in [0.3, 0.4) is 0 Å². The number of fused-ring (bicyclic) bond motifs is 2. The molecule has 0 radical (unpaired) electrons. The molecule has 1 aliphatic rings. The summed E-state index contributed by atoms with van der Waals surface area (Å²) in [6.07, 6.45) is 4.24. The fourth-order valence-corrected chi connectivity index (χ4v) is 4.55. The molecule has 1 aliphatic carbocycles. The number of primary amides is 1. The lowest BCUT2D eigenvalue weighted by molar-refractivity contribution is 0.100. The number of thiophene rings is 1. The summed E-state index contributed by atoms with van der Waals surface area (Å²) in [4.78, 5) is 17.5. The number of nitrogens with two attached hydrogens (primary N) is 1. The third-order valence-electron chi connectivity index (χ3n) is 5.24. The number of carbonyl (C=O) groups excluding carboxylic acids is 1. The monoisotopic (exact) mass is 336 g/mol. The second-order valence-corrected chi connectivity index (χ2v) is 8.24. The topological polar surface area (TPSA) is 56.0 Å². The molecule has 1 unspecified atom stereocenters. The van der Waals surface area contributed by atoms with Crippen LogP contribution in [0.5, 0.6) is 0 Å². The highest BCUT2D eigenvalue weighted by Crippen LogP contribution is 2.43. The van der Waals surface area contributed by atoms with E-state index in [1.807, 2.05) is 0 Å². The summed E-state index contributed by atoms with van der Waals surface area (Å²) >= 11 is 7.98. The molecule has 118 valence electrons. The van der Waals surface area contributed by atoms with E-state index in [4.69, 9.17) is 22.3 Å². The van der Waals surface area contributed by atoms with E-state index in [1.165, 1.54) is 16.9 Å². The van der Waals surface area contributed by atoms with Crippen LogP contribution in [0.25, 0.3) is 10.2 Å². The molecule has 0 saturated heterocycles. The van der Waals surface area contributed by atoms with Gasteiger partial charge in [0.05, 0.1) is 9.90 Å². The van der Waals surface area contributed by atoms with E-state index in [-0.39, 0.29) is 0 Å². The Balaban J connectivity index is 2.07. The van der Waals surface area contributed by atoms with E-state index >= 15 is 0 Å². The molecule has 1 amide bonds. The van der Waals surface area contributed by atoms with Gasteiger partial charge in [-0.3, -0.25) is 4.79 Å². The van der Waals surface area contributed by atoms with Crippen LogP contribution in [0.4, 0.5) is 0 Å². The number of amides is 1. The Morgan fingerprint density at radius 2 is 2.27 bits per heavy atom. The minimum absolute atomic E-state index is 0.309. The maximum atomic E-state index is 11.4. The molecular weight excluding hydrogens is 316 g/mol.